The van der Waals surface area contributed by atoms with Crippen molar-refractivity contribution < 1.29 is 0 Å². The fraction of sp³-hybridized carbons (Fsp3) is 0.429. The van der Waals surface area contributed by atoms with E-state index in [9.17, 15) is 0 Å². The molecule has 1 fully saturated rings. The molecule has 1 aromatic heterocycles. The fourth-order valence-corrected chi connectivity index (χ4v) is 2.52. The highest BCUT2D eigenvalue weighted by atomic mass is 35.5. The molecular weight excluding hydrogens is 232 g/mol. The van der Waals surface area contributed by atoms with Crippen molar-refractivity contribution in [3.8, 4) is 0 Å². The number of nitrogens with one attached hydrogen (secondary N) is 1. The Morgan fingerprint density at radius 1 is 1.29 bits per heavy atom. The minimum atomic E-state index is 0.842. The molecule has 1 heterocycles. The van der Waals surface area contributed by atoms with Crippen molar-refractivity contribution in [2.45, 2.75) is 19.4 Å². The molecule has 1 aromatic carbocycles. The summed E-state index contributed by atoms with van der Waals surface area (Å²) in [5.74, 6) is 0.944. The van der Waals surface area contributed by atoms with Crippen molar-refractivity contribution in [3.63, 3.8) is 0 Å². The van der Waals surface area contributed by atoms with Gasteiger partial charge in [0.05, 0.1) is 10.5 Å². The van der Waals surface area contributed by atoms with Crippen LogP contribution in [0.25, 0.3) is 10.9 Å². The largest absolute Gasteiger partial charge is 0.345 e. The molecule has 2 nitrogen and oxygen atoms in total. The third-order valence-electron chi connectivity index (χ3n) is 3.40. The summed E-state index contributed by atoms with van der Waals surface area (Å²) >= 11 is 6.24. The number of rotatable bonds is 5. The molecule has 1 aliphatic carbocycles. The van der Waals surface area contributed by atoms with Crippen molar-refractivity contribution in [3.05, 3.63) is 35.5 Å². The van der Waals surface area contributed by atoms with E-state index in [1.54, 1.807) is 0 Å². The maximum atomic E-state index is 6.24. The lowest BCUT2D eigenvalue weighted by Crippen LogP contribution is -2.21. The molecule has 1 aliphatic rings. The van der Waals surface area contributed by atoms with Gasteiger partial charge in [-0.25, -0.2) is 0 Å². The number of hydrogen-bond acceptors (Lipinski definition) is 1. The molecule has 0 bridgehead atoms. The summed E-state index contributed by atoms with van der Waals surface area (Å²) in [5, 5.41) is 5.57. The SMILES string of the molecule is Clc1cccc2ccn(CCNCC3CC3)c12. The first-order valence-corrected chi connectivity index (χ1v) is 6.66. The van der Waals surface area contributed by atoms with Crippen LogP contribution in [-0.2, 0) is 6.54 Å². The van der Waals surface area contributed by atoms with Crippen LogP contribution in [0.1, 0.15) is 12.8 Å². The molecule has 0 unspecified atom stereocenters. The van der Waals surface area contributed by atoms with Gasteiger partial charge >= 0.3 is 0 Å². The third kappa shape index (κ3) is 2.48. The minimum absolute atomic E-state index is 0.842. The summed E-state index contributed by atoms with van der Waals surface area (Å²) in [4.78, 5) is 0. The number of aromatic nitrogens is 1. The summed E-state index contributed by atoms with van der Waals surface area (Å²) in [6, 6.07) is 8.19. The smallest absolute Gasteiger partial charge is 0.0670 e. The van der Waals surface area contributed by atoms with Gasteiger partial charge < -0.3 is 9.88 Å². The summed E-state index contributed by atoms with van der Waals surface area (Å²) in [7, 11) is 0. The molecule has 0 radical (unpaired) electrons. The van der Waals surface area contributed by atoms with Crippen LogP contribution in [0.2, 0.25) is 5.02 Å². The highest BCUT2D eigenvalue weighted by Gasteiger charge is 2.19. The molecule has 0 spiro atoms. The van der Waals surface area contributed by atoms with Gasteiger partial charge in [0, 0.05) is 24.7 Å². The number of halogens is 1. The van der Waals surface area contributed by atoms with Gasteiger partial charge in [0.2, 0.25) is 0 Å². The lowest BCUT2D eigenvalue weighted by Gasteiger charge is -2.07. The molecule has 0 atom stereocenters. The Balaban J connectivity index is 1.67. The first kappa shape index (κ1) is 11.1. The zero-order valence-electron chi connectivity index (χ0n) is 9.82. The van der Waals surface area contributed by atoms with E-state index in [1.165, 1.54) is 24.8 Å². The van der Waals surface area contributed by atoms with Gasteiger partial charge in [0.1, 0.15) is 0 Å². The average molecular weight is 249 g/mol. The van der Waals surface area contributed by atoms with E-state index in [0.717, 1.165) is 29.5 Å². The number of hydrogen-bond donors (Lipinski definition) is 1. The second-order valence-electron chi connectivity index (χ2n) is 4.83. The summed E-state index contributed by atoms with van der Waals surface area (Å²) < 4.78 is 2.23. The Morgan fingerprint density at radius 2 is 2.18 bits per heavy atom. The van der Waals surface area contributed by atoms with Gasteiger partial charge in [-0.05, 0) is 37.4 Å². The normalized spacial score (nSPS) is 15.6. The zero-order chi connectivity index (χ0) is 11.7. The molecule has 0 amide bonds. The van der Waals surface area contributed by atoms with Crippen LogP contribution < -0.4 is 5.32 Å². The summed E-state index contributed by atoms with van der Waals surface area (Å²) in [5.41, 5.74) is 1.15. The zero-order valence-corrected chi connectivity index (χ0v) is 10.6. The van der Waals surface area contributed by atoms with Crippen LogP contribution in [0.5, 0.6) is 0 Å². The molecule has 2 aromatic rings. The highest BCUT2D eigenvalue weighted by Crippen LogP contribution is 2.27. The second-order valence-corrected chi connectivity index (χ2v) is 5.24. The van der Waals surface area contributed by atoms with Gasteiger partial charge in [0.25, 0.3) is 0 Å². The van der Waals surface area contributed by atoms with Crippen molar-refractivity contribution in [2.75, 3.05) is 13.1 Å². The Kier molecular flexibility index (Phi) is 3.08. The first-order valence-electron chi connectivity index (χ1n) is 6.28. The van der Waals surface area contributed by atoms with Gasteiger partial charge in [-0.2, -0.15) is 0 Å². The van der Waals surface area contributed by atoms with E-state index in [4.69, 9.17) is 11.6 Å². The number of fused-ring (bicyclic) bond motifs is 1. The molecular formula is C14H17ClN2. The summed E-state index contributed by atoms with van der Waals surface area (Å²) in [6.45, 7) is 3.18. The first-order chi connectivity index (χ1) is 8.34. The number of para-hydroxylation sites is 1. The standard InChI is InChI=1S/C14H17ClN2/c15-13-3-1-2-12-6-8-17(14(12)13)9-7-16-10-11-4-5-11/h1-3,6,8,11,16H,4-5,7,9-10H2. The monoisotopic (exact) mass is 248 g/mol. The van der Waals surface area contributed by atoms with E-state index in [2.05, 4.69) is 28.2 Å². The summed E-state index contributed by atoms with van der Waals surface area (Å²) in [6.07, 6.45) is 4.94. The highest BCUT2D eigenvalue weighted by molar-refractivity contribution is 6.35. The Bertz CT molecular complexity index is 514. The van der Waals surface area contributed by atoms with Crippen LogP contribution in [0.15, 0.2) is 30.5 Å². The van der Waals surface area contributed by atoms with Crippen LogP contribution in [0.4, 0.5) is 0 Å². The van der Waals surface area contributed by atoms with E-state index in [-0.39, 0.29) is 0 Å². The maximum Gasteiger partial charge on any atom is 0.0670 e. The second kappa shape index (κ2) is 4.71. The van der Waals surface area contributed by atoms with Crippen molar-refractivity contribution in [1.29, 1.82) is 0 Å². The van der Waals surface area contributed by atoms with Crippen molar-refractivity contribution in [2.24, 2.45) is 5.92 Å². The Morgan fingerprint density at radius 3 is 3.00 bits per heavy atom. The Labute approximate surface area is 107 Å². The quantitative estimate of drug-likeness (QED) is 0.804. The molecule has 0 saturated heterocycles. The lowest BCUT2D eigenvalue weighted by atomic mass is 10.2. The van der Waals surface area contributed by atoms with Crippen molar-refractivity contribution in [1.82, 2.24) is 9.88 Å². The van der Waals surface area contributed by atoms with E-state index >= 15 is 0 Å². The molecule has 17 heavy (non-hydrogen) atoms. The topological polar surface area (TPSA) is 17.0 Å². The van der Waals surface area contributed by atoms with Crippen LogP contribution in [-0.4, -0.2) is 17.7 Å². The fourth-order valence-electron chi connectivity index (χ4n) is 2.23. The van der Waals surface area contributed by atoms with E-state index in [0.29, 0.717) is 0 Å². The predicted octanol–water partition coefficient (Wildman–Crippen LogP) is 3.29. The Hall–Kier alpha value is -0.990. The van der Waals surface area contributed by atoms with Crippen LogP contribution in [0, 0.1) is 5.92 Å². The number of benzene rings is 1. The lowest BCUT2D eigenvalue weighted by molar-refractivity contribution is 0.584. The van der Waals surface area contributed by atoms with Gasteiger partial charge in [-0.1, -0.05) is 23.7 Å². The minimum Gasteiger partial charge on any atom is -0.345 e. The van der Waals surface area contributed by atoms with Gasteiger partial charge in [0.15, 0.2) is 0 Å². The van der Waals surface area contributed by atoms with Gasteiger partial charge in [-0.3, -0.25) is 0 Å². The van der Waals surface area contributed by atoms with E-state index in [1.807, 2.05) is 12.1 Å². The molecule has 90 valence electrons. The predicted molar refractivity (Wildman–Crippen MR) is 72.5 cm³/mol. The molecule has 0 aliphatic heterocycles. The van der Waals surface area contributed by atoms with E-state index < -0.39 is 0 Å². The van der Waals surface area contributed by atoms with Crippen LogP contribution in [0.3, 0.4) is 0 Å². The van der Waals surface area contributed by atoms with Crippen molar-refractivity contribution >= 4 is 22.5 Å². The number of nitrogens with zero attached hydrogens (tertiary/aromatic N) is 1. The molecule has 3 heteroatoms. The van der Waals surface area contributed by atoms with Crippen LogP contribution >= 0.6 is 11.6 Å². The molecule has 1 saturated carbocycles. The third-order valence-corrected chi connectivity index (χ3v) is 3.70. The molecule has 1 N–H and O–H groups in total. The maximum absolute atomic E-state index is 6.24. The van der Waals surface area contributed by atoms with Gasteiger partial charge in [-0.15, -0.1) is 0 Å². The molecule has 3 rings (SSSR count). The average Bonchev–Trinajstić information content (AvgIpc) is 3.05.